The Kier molecular flexibility index (Phi) is 4.75. The summed E-state index contributed by atoms with van der Waals surface area (Å²) in [5, 5.41) is 10.0. The van der Waals surface area contributed by atoms with Crippen LogP contribution in [0.2, 0.25) is 0 Å². The minimum Gasteiger partial charge on any atom is -0.481 e. The monoisotopic (exact) mass is 382 g/mol. The van der Waals surface area contributed by atoms with Gasteiger partial charge in [-0.15, -0.1) is 11.3 Å². The molecule has 0 bridgehead atoms. The predicted molar refractivity (Wildman–Crippen MR) is 89.6 cm³/mol. The first-order chi connectivity index (χ1) is 10.6. The van der Waals surface area contributed by atoms with Gasteiger partial charge in [-0.05, 0) is 12.1 Å². The third-order valence-electron chi connectivity index (χ3n) is 3.40. The van der Waals surface area contributed by atoms with Crippen LogP contribution in [0.1, 0.15) is 4.88 Å². The third-order valence-corrected chi connectivity index (χ3v) is 5.04. The number of ether oxygens (including phenoxy) is 1. The summed E-state index contributed by atoms with van der Waals surface area (Å²) in [6.07, 6.45) is -0.00654. The molecule has 0 amide bonds. The molecule has 0 unspecified atom stereocenters. The van der Waals surface area contributed by atoms with Crippen molar-refractivity contribution in [2.45, 2.75) is 6.42 Å². The second-order valence-electron chi connectivity index (χ2n) is 4.95. The van der Waals surface area contributed by atoms with Crippen molar-refractivity contribution in [1.29, 1.82) is 0 Å². The highest BCUT2D eigenvalue weighted by Crippen LogP contribution is 2.34. The summed E-state index contributed by atoms with van der Waals surface area (Å²) in [5.74, 6) is -0.837. The average Bonchev–Trinajstić information content (AvgIpc) is 2.92. The number of carbonyl (C=O) groups is 1. The van der Waals surface area contributed by atoms with E-state index in [-0.39, 0.29) is 6.42 Å². The van der Waals surface area contributed by atoms with Crippen LogP contribution >= 0.6 is 27.3 Å². The van der Waals surface area contributed by atoms with E-state index in [1.165, 1.54) is 11.3 Å². The van der Waals surface area contributed by atoms with Crippen molar-refractivity contribution in [2.75, 3.05) is 31.2 Å². The summed E-state index contributed by atoms with van der Waals surface area (Å²) in [5.41, 5.74) is 1.71. The molecule has 0 spiro atoms. The number of carboxylic acid groups (broad SMARTS) is 1. The number of hydrogen-bond acceptors (Lipinski definition) is 5. The van der Waals surface area contributed by atoms with E-state index in [1.807, 2.05) is 24.3 Å². The van der Waals surface area contributed by atoms with Gasteiger partial charge < -0.3 is 14.7 Å². The number of thiazole rings is 1. The highest BCUT2D eigenvalue weighted by atomic mass is 79.9. The lowest BCUT2D eigenvalue weighted by Crippen LogP contribution is -2.36. The SMILES string of the molecule is O=C(O)Cc1sc(N2CCOCC2)nc1-c1ccc(Br)cc1. The molecule has 1 N–H and O–H groups in total. The van der Waals surface area contributed by atoms with Crippen LogP contribution in [0.4, 0.5) is 5.13 Å². The fourth-order valence-corrected chi connectivity index (χ4v) is 3.71. The average molecular weight is 383 g/mol. The van der Waals surface area contributed by atoms with Crippen LogP contribution in [0.3, 0.4) is 0 Å². The topological polar surface area (TPSA) is 62.7 Å². The Morgan fingerprint density at radius 3 is 2.64 bits per heavy atom. The number of rotatable bonds is 4. The Labute approximate surface area is 140 Å². The van der Waals surface area contributed by atoms with Gasteiger partial charge in [0.1, 0.15) is 0 Å². The normalized spacial score (nSPS) is 15.0. The van der Waals surface area contributed by atoms with E-state index in [2.05, 4.69) is 20.8 Å². The van der Waals surface area contributed by atoms with Crippen LogP contribution in [-0.2, 0) is 16.0 Å². The summed E-state index contributed by atoms with van der Waals surface area (Å²) >= 11 is 4.87. The Balaban J connectivity index is 1.96. The molecule has 3 rings (SSSR count). The number of aliphatic carboxylic acids is 1. The van der Waals surface area contributed by atoms with Gasteiger partial charge in [0, 0.05) is 28.0 Å². The van der Waals surface area contributed by atoms with Gasteiger partial charge in [-0.1, -0.05) is 28.1 Å². The highest BCUT2D eigenvalue weighted by molar-refractivity contribution is 9.10. The number of carboxylic acids is 1. The first kappa shape index (κ1) is 15.5. The molecular formula is C15H15BrN2O3S. The maximum absolute atomic E-state index is 11.1. The van der Waals surface area contributed by atoms with Gasteiger partial charge in [0.2, 0.25) is 0 Å². The maximum Gasteiger partial charge on any atom is 0.308 e. The second-order valence-corrected chi connectivity index (χ2v) is 6.92. The molecule has 0 atom stereocenters. The molecule has 2 aromatic rings. The summed E-state index contributed by atoms with van der Waals surface area (Å²) in [6, 6.07) is 7.78. The van der Waals surface area contributed by atoms with E-state index in [0.29, 0.717) is 13.2 Å². The largest absolute Gasteiger partial charge is 0.481 e. The van der Waals surface area contributed by atoms with Gasteiger partial charge in [-0.25, -0.2) is 4.98 Å². The van der Waals surface area contributed by atoms with Gasteiger partial charge in [-0.2, -0.15) is 0 Å². The van der Waals surface area contributed by atoms with Crippen LogP contribution in [0.25, 0.3) is 11.3 Å². The summed E-state index contributed by atoms with van der Waals surface area (Å²) < 4.78 is 6.34. The quantitative estimate of drug-likeness (QED) is 0.880. The van der Waals surface area contributed by atoms with Crippen molar-refractivity contribution in [3.8, 4) is 11.3 Å². The van der Waals surface area contributed by atoms with Crippen molar-refractivity contribution in [3.63, 3.8) is 0 Å². The zero-order valence-corrected chi connectivity index (χ0v) is 14.2. The highest BCUT2D eigenvalue weighted by Gasteiger charge is 2.20. The van der Waals surface area contributed by atoms with Crippen molar-refractivity contribution < 1.29 is 14.6 Å². The molecule has 1 aromatic heterocycles. The van der Waals surface area contributed by atoms with E-state index in [0.717, 1.165) is 38.8 Å². The molecular weight excluding hydrogens is 368 g/mol. The zero-order chi connectivity index (χ0) is 15.5. The van der Waals surface area contributed by atoms with E-state index < -0.39 is 5.97 Å². The molecule has 1 aliphatic rings. The van der Waals surface area contributed by atoms with Crippen LogP contribution < -0.4 is 4.90 Å². The van der Waals surface area contributed by atoms with E-state index in [1.54, 1.807) is 0 Å². The fraction of sp³-hybridized carbons (Fsp3) is 0.333. The number of nitrogens with zero attached hydrogens (tertiary/aromatic N) is 2. The van der Waals surface area contributed by atoms with Gasteiger partial charge in [0.15, 0.2) is 5.13 Å². The maximum atomic E-state index is 11.1. The van der Waals surface area contributed by atoms with Crippen molar-refractivity contribution in [2.24, 2.45) is 0 Å². The number of anilines is 1. The molecule has 7 heteroatoms. The molecule has 116 valence electrons. The molecule has 0 saturated carbocycles. The van der Waals surface area contributed by atoms with Crippen LogP contribution in [-0.4, -0.2) is 42.4 Å². The summed E-state index contributed by atoms with van der Waals surface area (Å²) in [7, 11) is 0. The lowest BCUT2D eigenvalue weighted by atomic mass is 10.1. The Morgan fingerprint density at radius 1 is 1.32 bits per heavy atom. The third kappa shape index (κ3) is 3.48. The minimum atomic E-state index is -0.837. The van der Waals surface area contributed by atoms with Gasteiger partial charge in [-0.3, -0.25) is 4.79 Å². The first-order valence-electron chi connectivity index (χ1n) is 6.93. The lowest BCUT2D eigenvalue weighted by molar-refractivity contribution is -0.136. The first-order valence-corrected chi connectivity index (χ1v) is 8.54. The lowest BCUT2D eigenvalue weighted by Gasteiger charge is -2.26. The van der Waals surface area contributed by atoms with Gasteiger partial charge in [0.05, 0.1) is 25.3 Å². The number of morpholine rings is 1. The summed E-state index contributed by atoms with van der Waals surface area (Å²) in [6.45, 7) is 2.95. The molecule has 2 heterocycles. The molecule has 1 saturated heterocycles. The summed E-state index contributed by atoms with van der Waals surface area (Å²) in [4.78, 5) is 18.8. The Morgan fingerprint density at radius 2 is 2.00 bits per heavy atom. The fourth-order valence-electron chi connectivity index (χ4n) is 2.32. The predicted octanol–water partition coefficient (Wildman–Crippen LogP) is 3.04. The Bertz CT molecular complexity index is 666. The number of aromatic nitrogens is 1. The molecule has 1 aromatic carbocycles. The molecule has 22 heavy (non-hydrogen) atoms. The van der Waals surface area contributed by atoms with E-state index >= 15 is 0 Å². The van der Waals surface area contributed by atoms with Crippen LogP contribution in [0.5, 0.6) is 0 Å². The van der Waals surface area contributed by atoms with Gasteiger partial charge >= 0.3 is 5.97 Å². The molecule has 1 fully saturated rings. The second kappa shape index (κ2) is 6.76. The standard InChI is InChI=1S/C15H15BrN2O3S/c16-11-3-1-10(2-4-11)14-12(9-13(19)20)22-15(17-14)18-5-7-21-8-6-18/h1-4H,5-9H2,(H,19,20). The smallest absolute Gasteiger partial charge is 0.308 e. The van der Waals surface area contributed by atoms with E-state index in [9.17, 15) is 4.79 Å². The van der Waals surface area contributed by atoms with Crippen LogP contribution in [0, 0.1) is 0 Å². The van der Waals surface area contributed by atoms with Crippen LogP contribution in [0.15, 0.2) is 28.7 Å². The molecule has 0 radical (unpaired) electrons. The van der Waals surface area contributed by atoms with Gasteiger partial charge in [0.25, 0.3) is 0 Å². The molecule has 0 aliphatic carbocycles. The van der Waals surface area contributed by atoms with E-state index in [4.69, 9.17) is 14.8 Å². The van der Waals surface area contributed by atoms with Crippen molar-refractivity contribution in [1.82, 2.24) is 4.98 Å². The number of benzene rings is 1. The molecule has 1 aliphatic heterocycles. The van der Waals surface area contributed by atoms with Crippen molar-refractivity contribution in [3.05, 3.63) is 33.6 Å². The Hall–Kier alpha value is -1.44. The minimum absolute atomic E-state index is 0.00654. The zero-order valence-electron chi connectivity index (χ0n) is 11.8. The van der Waals surface area contributed by atoms with Crippen molar-refractivity contribution >= 4 is 38.4 Å². The molecule has 5 nitrogen and oxygen atoms in total. The number of hydrogen-bond donors (Lipinski definition) is 1. The number of halogens is 1.